The number of benzene rings is 1. The van der Waals surface area contributed by atoms with Crippen molar-refractivity contribution >= 4 is 11.1 Å². The lowest BCUT2D eigenvalue weighted by Crippen LogP contribution is -2.05. The number of furan rings is 1. The summed E-state index contributed by atoms with van der Waals surface area (Å²) in [4.78, 5) is 18.3. The molecule has 3 aromatic rings. The normalized spacial score (nSPS) is 10.7. The molecule has 2 aromatic heterocycles. The summed E-state index contributed by atoms with van der Waals surface area (Å²) >= 11 is 0. The van der Waals surface area contributed by atoms with Crippen LogP contribution in [0.3, 0.4) is 0 Å². The van der Waals surface area contributed by atoms with Crippen LogP contribution < -0.4 is 10.3 Å². The molecular weight excluding hydrogens is 232 g/mol. The van der Waals surface area contributed by atoms with E-state index in [0.717, 1.165) is 16.9 Å². The summed E-state index contributed by atoms with van der Waals surface area (Å²) in [6.07, 6.45) is 2.86. The molecule has 0 atom stereocenters. The minimum absolute atomic E-state index is 0.209. The molecule has 18 heavy (non-hydrogen) atoms. The average Bonchev–Trinajstić information content (AvgIpc) is 2.84. The van der Waals surface area contributed by atoms with Crippen LogP contribution in [0.25, 0.3) is 22.2 Å². The third-order valence-electron chi connectivity index (χ3n) is 2.78. The first-order chi connectivity index (χ1) is 8.79. The van der Waals surface area contributed by atoms with E-state index in [4.69, 9.17) is 9.15 Å². The van der Waals surface area contributed by atoms with E-state index in [1.165, 1.54) is 12.6 Å². The Morgan fingerprint density at radius 3 is 2.78 bits per heavy atom. The summed E-state index contributed by atoms with van der Waals surface area (Å²) in [6.45, 7) is 0. The van der Waals surface area contributed by atoms with Gasteiger partial charge in [-0.05, 0) is 17.7 Å². The van der Waals surface area contributed by atoms with Gasteiger partial charge in [0.15, 0.2) is 0 Å². The van der Waals surface area contributed by atoms with Crippen LogP contribution in [0.15, 0.2) is 46.1 Å². The number of rotatable bonds is 2. The van der Waals surface area contributed by atoms with E-state index in [0.29, 0.717) is 11.1 Å². The molecule has 0 aliphatic heterocycles. The fourth-order valence-corrected chi connectivity index (χ4v) is 1.87. The number of aromatic amines is 1. The summed E-state index contributed by atoms with van der Waals surface area (Å²) < 4.78 is 10.4. The average molecular weight is 242 g/mol. The zero-order valence-electron chi connectivity index (χ0n) is 9.64. The van der Waals surface area contributed by atoms with Gasteiger partial charge in [-0.2, -0.15) is 0 Å². The van der Waals surface area contributed by atoms with Crippen LogP contribution in [-0.4, -0.2) is 17.1 Å². The van der Waals surface area contributed by atoms with Gasteiger partial charge in [0, 0.05) is 5.56 Å². The van der Waals surface area contributed by atoms with E-state index in [1.807, 2.05) is 24.3 Å². The first-order valence-electron chi connectivity index (χ1n) is 5.39. The minimum atomic E-state index is -0.209. The van der Waals surface area contributed by atoms with Crippen LogP contribution in [0.2, 0.25) is 0 Å². The van der Waals surface area contributed by atoms with Crippen LogP contribution in [0.4, 0.5) is 0 Å². The van der Waals surface area contributed by atoms with Crippen molar-refractivity contribution in [1.29, 1.82) is 0 Å². The number of nitrogens with one attached hydrogen (secondary N) is 1. The molecule has 0 unspecified atom stereocenters. The van der Waals surface area contributed by atoms with Gasteiger partial charge in [0.2, 0.25) is 5.71 Å². The number of ether oxygens (including phenoxy) is 1. The van der Waals surface area contributed by atoms with Gasteiger partial charge in [0.05, 0.1) is 13.4 Å². The zero-order valence-corrected chi connectivity index (χ0v) is 9.64. The maximum absolute atomic E-state index is 11.8. The molecule has 0 aliphatic carbocycles. The lowest BCUT2D eigenvalue weighted by atomic mass is 10.1. The predicted octanol–water partition coefficient (Wildman–Crippen LogP) is 2.19. The standard InChI is InChI=1S/C13H10N2O3/c1-17-9-4-2-8(3-5-9)10-6-18-13-11(10)12(16)14-7-15-13/h2-7H,1H3,(H,14,15,16). The van der Waals surface area contributed by atoms with E-state index in [-0.39, 0.29) is 5.56 Å². The topological polar surface area (TPSA) is 68.1 Å². The number of nitrogens with zero attached hydrogens (tertiary/aromatic N) is 1. The number of fused-ring (bicyclic) bond motifs is 1. The highest BCUT2D eigenvalue weighted by atomic mass is 16.5. The molecule has 0 fully saturated rings. The molecule has 5 nitrogen and oxygen atoms in total. The Hall–Kier alpha value is -2.56. The lowest BCUT2D eigenvalue weighted by Gasteiger charge is -2.01. The third-order valence-corrected chi connectivity index (χ3v) is 2.78. The molecule has 2 heterocycles. The molecular formula is C13H10N2O3. The Bertz CT molecular complexity index is 741. The zero-order chi connectivity index (χ0) is 12.5. The Morgan fingerprint density at radius 2 is 2.06 bits per heavy atom. The fraction of sp³-hybridized carbons (Fsp3) is 0.0769. The van der Waals surface area contributed by atoms with Crippen molar-refractivity contribution in [2.75, 3.05) is 7.11 Å². The summed E-state index contributed by atoms with van der Waals surface area (Å²) in [7, 11) is 1.61. The molecule has 0 radical (unpaired) electrons. The van der Waals surface area contributed by atoms with Gasteiger partial charge in [-0.1, -0.05) is 12.1 Å². The molecule has 3 rings (SSSR count). The van der Waals surface area contributed by atoms with Gasteiger partial charge in [-0.3, -0.25) is 4.79 Å². The summed E-state index contributed by atoms with van der Waals surface area (Å²) in [6, 6.07) is 7.41. The maximum Gasteiger partial charge on any atom is 0.262 e. The molecule has 0 bridgehead atoms. The number of methoxy groups -OCH3 is 1. The van der Waals surface area contributed by atoms with Gasteiger partial charge in [0.25, 0.3) is 5.56 Å². The first kappa shape index (κ1) is 10.6. The van der Waals surface area contributed by atoms with Crippen LogP contribution in [-0.2, 0) is 0 Å². The predicted molar refractivity (Wildman–Crippen MR) is 66.6 cm³/mol. The SMILES string of the molecule is COc1ccc(-c2coc3nc[nH]c(=O)c23)cc1. The summed E-state index contributed by atoms with van der Waals surface area (Å²) in [5.74, 6) is 0.763. The minimum Gasteiger partial charge on any atom is -0.497 e. The van der Waals surface area contributed by atoms with Crippen molar-refractivity contribution in [3.05, 3.63) is 47.2 Å². The van der Waals surface area contributed by atoms with E-state index in [9.17, 15) is 4.79 Å². The van der Waals surface area contributed by atoms with Gasteiger partial charge < -0.3 is 14.1 Å². The highest BCUT2D eigenvalue weighted by molar-refractivity contribution is 5.91. The third kappa shape index (κ3) is 1.57. The van der Waals surface area contributed by atoms with E-state index < -0.39 is 0 Å². The van der Waals surface area contributed by atoms with Crippen molar-refractivity contribution in [3.8, 4) is 16.9 Å². The molecule has 90 valence electrons. The maximum atomic E-state index is 11.8. The molecule has 0 saturated heterocycles. The highest BCUT2D eigenvalue weighted by Gasteiger charge is 2.12. The largest absolute Gasteiger partial charge is 0.497 e. The van der Waals surface area contributed by atoms with Crippen molar-refractivity contribution in [3.63, 3.8) is 0 Å². The second kappa shape index (κ2) is 4.03. The second-order valence-electron chi connectivity index (χ2n) is 3.79. The molecule has 0 saturated carbocycles. The fourth-order valence-electron chi connectivity index (χ4n) is 1.87. The number of hydrogen-bond acceptors (Lipinski definition) is 4. The van der Waals surface area contributed by atoms with Gasteiger partial charge in [0.1, 0.15) is 17.4 Å². The van der Waals surface area contributed by atoms with Crippen molar-refractivity contribution in [1.82, 2.24) is 9.97 Å². The quantitative estimate of drug-likeness (QED) is 0.747. The molecule has 5 heteroatoms. The molecule has 0 spiro atoms. The Morgan fingerprint density at radius 1 is 1.28 bits per heavy atom. The molecule has 1 N–H and O–H groups in total. The lowest BCUT2D eigenvalue weighted by molar-refractivity contribution is 0.415. The first-order valence-corrected chi connectivity index (χ1v) is 5.39. The monoisotopic (exact) mass is 242 g/mol. The van der Waals surface area contributed by atoms with Crippen molar-refractivity contribution in [2.45, 2.75) is 0 Å². The van der Waals surface area contributed by atoms with Crippen molar-refractivity contribution in [2.24, 2.45) is 0 Å². The van der Waals surface area contributed by atoms with Crippen LogP contribution in [0.1, 0.15) is 0 Å². The number of aromatic nitrogens is 2. The number of H-pyrrole nitrogens is 1. The second-order valence-corrected chi connectivity index (χ2v) is 3.79. The molecule has 0 aliphatic rings. The Labute approximate surface area is 102 Å². The van der Waals surface area contributed by atoms with Crippen LogP contribution >= 0.6 is 0 Å². The number of hydrogen-bond donors (Lipinski definition) is 1. The smallest absolute Gasteiger partial charge is 0.262 e. The van der Waals surface area contributed by atoms with Gasteiger partial charge in [-0.15, -0.1) is 0 Å². The van der Waals surface area contributed by atoms with Crippen molar-refractivity contribution < 1.29 is 9.15 Å². The van der Waals surface area contributed by atoms with E-state index >= 15 is 0 Å². The highest BCUT2D eigenvalue weighted by Crippen LogP contribution is 2.28. The van der Waals surface area contributed by atoms with E-state index in [2.05, 4.69) is 9.97 Å². The van der Waals surface area contributed by atoms with E-state index in [1.54, 1.807) is 7.11 Å². The van der Waals surface area contributed by atoms with Gasteiger partial charge in [-0.25, -0.2) is 4.98 Å². The molecule has 1 aromatic carbocycles. The summed E-state index contributed by atoms with van der Waals surface area (Å²) in [5.41, 5.74) is 1.74. The molecule has 0 amide bonds. The van der Waals surface area contributed by atoms with Gasteiger partial charge >= 0.3 is 0 Å². The summed E-state index contributed by atoms with van der Waals surface area (Å²) in [5, 5.41) is 0.461. The van der Waals surface area contributed by atoms with Crippen LogP contribution in [0, 0.1) is 0 Å². The Balaban J connectivity index is 2.22. The Kier molecular flexibility index (Phi) is 2.37. The van der Waals surface area contributed by atoms with Crippen LogP contribution in [0.5, 0.6) is 5.75 Å².